The highest BCUT2D eigenvalue weighted by atomic mass is 32.2. The Balaban J connectivity index is 2.22. The first-order valence-electron chi connectivity index (χ1n) is 7.91. The molecule has 7 nitrogen and oxygen atoms in total. The molecular formula is C18H20N2O5S. The van der Waals surface area contributed by atoms with Crippen molar-refractivity contribution < 1.29 is 22.1 Å². The Morgan fingerprint density at radius 1 is 1.12 bits per heavy atom. The van der Waals surface area contributed by atoms with Crippen LogP contribution in [-0.4, -0.2) is 26.7 Å². The van der Waals surface area contributed by atoms with Crippen LogP contribution in [0.1, 0.15) is 19.4 Å². The van der Waals surface area contributed by atoms with E-state index < -0.39 is 16.1 Å². The molecule has 0 spiro atoms. The Bertz CT molecular complexity index is 905. The molecule has 0 radical (unpaired) electrons. The minimum Gasteiger partial charge on any atom is -0.461 e. The summed E-state index contributed by atoms with van der Waals surface area (Å²) in [6.07, 6.45) is 0. The number of rotatable bonds is 7. The van der Waals surface area contributed by atoms with Crippen LogP contribution in [0.5, 0.6) is 5.75 Å². The summed E-state index contributed by atoms with van der Waals surface area (Å²) in [5.41, 5.74) is 3.97. The Labute approximate surface area is 152 Å². The second kappa shape index (κ2) is 8.48. The average Bonchev–Trinajstić information content (AvgIpc) is 2.61. The third kappa shape index (κ3) is 5.06. The summed E-state index contributed by atoms with van der Waals surface area (Å²) in [4.78, 5) is 11.6. The molecule has 0 unspecified atom stereocenters. The van der Waals surface area contributed by atoms with E-state index in [-0.39, 0.29) is 23.0 Å². The molecule has 0 aliphatic carbocycles. The Hall–Kier alpha value is -2.87. The highest BCUT2D eigenvalue weighted by Crippen LogP contribution is 2.27. The molecule has 8 heteroatoms. The van der Waals surface area contributed by atoms with E-state index in [0.717, 1.165) is 5.56 Å². The van der Waals surface area contributed by atoms with E-state index in [1.807, 2.05) is 6.92 Å². The molecule has 0 saturated heterocycles. The van der Waals surface area contributed by atoms with Gasteiger partial charge in [-0.05, 0) is 45.0 Å². The Morgan fingerprint density at radius 3 is 2.42 bits per heavy atom. The normalized spacial score (nSPS) is 11.7. The van der Waals surface area contributed by atoms with E-state index in [1.165, 1.54) is 25.1 Å². The van der Waals surface area contributed by atoms with Crippen LogP contribution in [0.2, 0.25) is 0 Å². The predicted octanol–water partition coefficient (Wildman–Crippen LogP) is 3.11. The summed E-state index contributed by atoms with van der Waals surface area (Å²) in [5.74, 6) is -0.501. The Kier molecular flexibility index (Phi) is 6.35. The standard InChI is InChI=1S/C18H20N2O5S/c1-4-24-18(21)14(3)19-20-16-7-5-6-8-17(16)25-26(22,23)15-11-9-13(2)10-12-15/h5-12,20H,4H2,1-3H3/b19-14-. The van der Waals surface area contributed by atoms with Crippen LogP contribution >= 0.6 is 0 Å². The van der Waals surface area contributed by atoms with Gasteiger partial charge < -0.3 is 8.92 Å². The maximum Gasteiger partial charge on any atom is 0.354 e. The molecule has 2 aromatic carbocycles. The van der Waals surface area contributed by atoms with Crippen molar-refractivity contribution in [1.29, 1.82) is 0 Å². The molecule has 0 aliphatic rings. The van der Waals surface area contributed by atoms with Crippen molar-refractivity contribution >= 4 is 27.5 Å². The topological polar surface area (TPSA) is 94.1 Å². The second-order valence-electron chi connectivity index (χ2n) is 5.38. The minimum atomic E-state index is -4.00. The van der Waals surface area contributed by atoms with Gasteiger partial charge in [-0.1, -0.05) is 29.8 Å². The van der Waals surface area contributed by atoms with Gasteiger partial charge in [0, 0.05) is 0 Å². The second-order valence-corrected chi connectivity index (χ2v) is 6.92. The lowest BCUT2D eigenvalue weighted by atomic mass is 10.2. The molecule has 0 heterocycles. The zero-order valence-corrected chi connectivity index (χ0v) is 15.5. The number of carbonyl (C=O) groups is 1. The number of benzene rings is 2. The van der Waals surface area contributed by atoms with Crippen molar-refractivity contribution in [2.75, 3.05) is 12.0 Å². The van der Waals surface area contributed by atoms with Crippen LogP contribution in [0, 0.1) is 6.92 Å². The van der Waals surface area contributed by atoms with Gasteiger partial charge in [0.1, 0.15) is 10.6 Å². The number of ether oxygens (including phenoxy) is 1. The van der Waals surface area contributed by atoms with E-state index in [2.05, 4.69) is 10.5 Å². The van der Waals surface area contributed by atoms with Crippen molar-refractivity contribution in [3.8, 4) is 5.75 Å². The zero-order valence-electron chi connectivity index (χ0n) is 14.7. The summed E-state index contributed by atoms with van der Waals surface area (Å²) in [6.45, 7) is 5.27. The third-order valence-electron chi connectivity index (χ3n) is 3.31. The molecule has 2 aromatic rings. The average molecular weight is 376 g/mol. The molecule has 138 valence electrons. The summed E-state index contributed by atoms with van der Waals surface area (Å²) in [6, 6.07) is 12.7. The van der Waals surface area contributed by atoms with E-state index >= 15 is 0 Å². The molecule has 2 rings (SSSR count). The van der Waals surface area contributed by atoms with Gasteiger partial charge in [-0.25, -0.2) is 4.79 Å². The van der Waals surface area contributed by atoms with E-state index in [1.54, 1.807) is 37.3 Å². The van der Waals surface area contributed by atoms with Crippen LogP contribution in [-0.2, 0) is 19.6 Å². The van der Waals surface area contributed by atoms with Gasteiger partial charge >= 0.3 is 16.1 Å². The predicted molar refractivity (Wildman–Crippen MR) is 98.8 cm³/mol. The number of hydrogen-bond acceptors (Lipinski definition) is 7. The molecule has 0 aliphatic heterocycles. The first-order valence-corrected chi connectivity index (χ1v) is 9.32. The lowest BCUT2D eigenvalue weighted by Crippen LogP contribution is -2.16. The van der Waals surface area contributed by atoms with Crippen LogP contribution in [0.15, 0.2) is 58.5 Å². The van der Waals surface area contributed by atoms with Crippen LogP contribution in [0.25, 0.3) is 0 Å². The van der Waals surface area contributed by atoms with Crippen molar-refractivity contribution in [3.05, 3.63) is 54.1 Å². The van der Waals surface area contributed by atoms with Gasteiger partial charge in [-0.2, -0.15) is 13.5 Å². The number of nitrogens with one attached hydrogen (secondary N) is 1. The molecule has 1 N–H and O–H groups in total. The number of esters is 1. The number of carbonyl (C=O) groups excluding carboxylic acids is 1. The highest BCUT2D eigenvalue weighted by Gasteiger charge is 2.18. The van der Waals surface area contributed by atoms with Crippen LogP contribution < -0.4 is 9.61 Å². The fourth-order valence-electron chi connectivity index (χ4n) is 1.93. The fourth-order valence-corrected chi connectivity index (χ4v) is 2.88. The smallest absolute Gasteiger partial charge is 0.354 e. The van der Waals surface area contributed by atoms with Gasteiger partial charge in [0.2, 0.25) is 0 Å². The highest BCUT2D eigenvalue weighted by molar-refractivity contribution is 7.87. The van der Waals surface area contributed by atoms with E-state index in [4.69, 9.17) is 8.92 Å². The zero-order chi connectivity index (χ0) is 19.2. The summed E-state index contributed by atoms with van der Waals surface area (Å²) in [7, 11) is -4.00. The van der Waals surface area contributed by atoms with Gasteiger partial charge in [-0.3, -0.25) is 5.43 Å². The SMILES string of the molecule is CCOC(=O)/C(C)=N\Nc1ccccc1OS(=O)(=O)c1ccc(C)cc1. The third-order valence-corrected chi connectivity index (χ3v) is 4.56. The molecule has 0 atom stereocenters. The van der Waals surface area contributed by atoms with Gasteiger partial charge in [0.15, 0.2) is 5.75 Å². The van der Waals surface area contributed by atoms with Gasteiger partial charge in [-0.15, -0.1) is 0 Å². The summed E-state index contributed by atoms with van der Waals surface area (Å²) >= 11 is 0. The maximum absolute atomic E-state index is 12.4. The molecule has 0 amide bonds. The number of para-hydroxylation sites is 2. The summed E-state index contributed by atoms with van der Waals surface area (Å²) < 4.78 is 34.9. The number of aryl methyl sites for hydroxylation is 1. The van der Waals surface area contributed by atoms with Crippen LogP contribution in [0.3, 0.4) is 0 Å². The number of anilines is 1. The van der Waals surface area contributed by atoms with Gasteiger partial charge in [0.05, 0.1) is 12.3 Å². The first-order chi connectivity index (χ1) is 12.3. The number of hydrogen-bond donors (Lipinski definition) is 1. The quantitative estimate of drug-likeness (QED) is 0.345. The Morgan fingerprint density at radius 2 is 1.77 bits per heavy atom. The summed E-state index contributed by atoms with van der Waals surface area (Å²) in [5, 5.41) is 3.91. The largest absolute Gasteiger partial charge is 0.461 e. The van der Waals surface area contributed by atoms with Crippen molar-refractivity contribution in [2.45, 2.75) is 25.7 Å². The lowest BCUT2D eigenvalue weighted by Gasteiger charge is -2.11. The molecular weight excluding hydrogens is 356 g/mol. The van der Waals surface area contributed by atoms with Crippen LogP contribution in [0.4, 0.5) is 5.69 Å². The lowest BCUT2D eigenvalue weighted by molar-refractivity contribution is -0.135. The van der Waals surface area contributed by atoms with Crippen molar-refractivity contribution in [3.63, 3.8) is 0 Å². The van der Waals surface area contributed by atoms with Gasteiger partial charge in [0.25, 0.3) is 0 Å². The molecule has 26 heavy (non-hydrogen) atoms. The maximum atomic E-state index is 12.4. The molecule has 0 aromatic heterocycles. The first kappa shape index (κ1) is 19.5. The fraction of sp³-hybridized carbons (Fsp3) is 0.222. The van der Waals surface area contributed by atoms with E-state index in [0.29, 0.717) is 5.69 Å². The number of hydrazone groups is 1. The van der Waals surface area contributed by atoms with Crippen molar-refractivity contribution in [2.24, 2.45) is 5.10 Å². The molecule has 0 fully saturated rings. The molecule has 0 bridgehead atoms. The monoisotopic (exact) mass is 376 g/mol. The molecule has 0 saturated carbocycles. The minimum absolute atomic E-state index is 0.0455. The van der Waals surface area contributed by atoms with E-state index in [9.17, 15) is 13.2 Å². The van der Waals surface area contributed by atoms with Crippen molar-refractivity contribution in [1.82, 2.24) is 0 Å². The number of nitrogens with zero attached hydrogens (tertiary/aromatic N) is 1.